The average molecular weight is 467 g/mol. The largest absolute Gasteiger partial charge is 0.452 e. The van der Waals surface area contributed by atoms with Crippen molar-refractivity contribution < 1.29 is 22.7 Å². The maximum Gasteiger partial charge on any atom is 0.338 e. The van der Waals surface area contributed by atoms with Gasteiger partial charge in [0.2, 0.25) is 0 Å². The standard InChI is InChI=1S/C25H26N2O5S/c1-4-19-8-5-6-11-23(19)26-24(28)17-32-25(29)20-9-7-10-22(16-20)33(30,31)27(3)21-14-12-18(2)13-15-21/h5-16H,4,17H2,1-3H3,(H,26,28). The second-order valence-electron chi connectivity index (χ2n) is 7.47. The summed E-state index contributed by atoms with van der Waals surface area (Å²) >= 11 is 0. The maximum atomic E-state index is 13.0. The van der Waals surface area contributed by atoms with E-state index in [9.17, 15) is 18.0 Å². The summed E-state index contributed by atoms with van der Waals surface area (Å²) in [5.74, 6) is -1.27. The number of carbonyl (C=O) groups excluding carboxylic acids is 2. The Morgan fingerprint density at radius 1 is 0.970 bits per heavy atom. The maximum absolute atomic E-state index is 13.0. The quantitative estimate of drug-likeness (QED) is 0.503. The first-order valence-electron chi connectivity index (χ1n) is 10.4. The molecule has 7 nitrogen and oxygen atoms in total. The summed E-state index contributed by atoms with van der Waals surface area (Å²) in [6.45, 7) is 3.40. The molecule has 0 heterocycles. The number of aryl methyl sites for hydroxylation is 2. The van der Waals surface area contributed by atoms with Crippen molar-refractivity contribution in [2.45, 2.75) is 25.2 Å². The molecule has 0 aliphatic heterocycles. The van der Waals surface area contributed by atoms with Crippen LogP contribution in [0.25, 0.3) is 0 Å². The number of sulfonamides is 1. The molecule has 0 fully saturated rings. The monoisotopic (exact) mass is 466 g/mol. The van der Waals surface area contributed by atoms with Crippen LogP contribution in [0.3, 0.4) is 0 Å². The fraction of sp³-hybridized carbons (Fsp3) is 0.200. The molecule has 3 aromatic carbocycles. The van der Waals surface area contributed by atoms with E-state index in [2.05, 4.69) is 5.32 Å². The molecule has 0 saturated carbocycles. The Morgan fingerprint density at radius 3 is 2.36 bits per heavy atom. The lowest BCUT2D eigenvalue weighted by Crippen LogP contribution is -2.27. The fourth-order valence-electron chi connectivity index (χ4n) is 3.19. The number of amides is 1. The lowest BCUT2D eigenvalue weighted by Gasteiger charge is -2.20. The van der Waals surface area contributed by atoms with Gasteiger partial charge in [0.25, 0.3) is 15.9 Å². The number of esters is 1. The second kappa shape index (κ2) is 10.3. The molecule has 0 atom stereocenters. The van der Waals surface area contributed by atoms with Crippen LogP contribution in [-0.2, 0) is 26.0 Å². The zero-order valence-electron chi connectivity index (χ0n) is 18.7. The van der Waals surface area contributed by atoms with Crippen molar-refractivity contribution in [2.24, 2.45) is 0 Å². The van der Waals surface area contributed by atoms with Crippen LogP contribution in [0.5, 0.6) is 0 Å². The number of anilines is 2. The molecular formula is C25H26N2O5S. The van der Waals surface area contributed by atoms with Gasteiger partial charge in [-0.2, -0.15) is 0 Å². The first kappa shape index (κ1) is 24.0. The minimum absolute atomic E-state index is 0.0372. The molecule has 0 spiro atoms. The predicted molar refractivity (Wildman–Crippen MR) is 128 cm³/mol. The number of ether oxygens (including phenoxy) is 1. The molecule has 0 saturated heterocycles. The van der Waals surface area contributed by atoms with E-state index in [4.69, 9.17) is 4.74 Å². The van der Waals surface area contributed by atoms with E-state index < -0.39 is 28.5 Å². The number of nitrogens with one attached hydrogen (secondary N) is 1. The molecule has 33 heavy (non-hydrogen) atoms. The molecule has 0 unspecified atom stereocenters. The number of hydrogen-bond acceptors (Lipinski definition) is 5. The third-order valence-electron chi connectivity index (χ3n) is 5.13. The van der Waals surface area contributed by atoms with Crippen LogP contribution in [0, 0.1) is 6.92 Å². The SMILES string of the molecule is CCc1ccccc1NC(=O)COC(=O)c1cccc(S(=O)(=O)N(C)c2ccc(C)cc2)c1. The Morgan fingerprint density at radius 2 is 1.67 bits per heavy atom. The minimum Gasteiger partial charge on any atom is -0.452 e. The summed E-state index contributed by atoms with van der Waals surface area (Å²) in [5.41, 5.74) is 3.17. The predicted octanol–water partition coefficient (Wildman–Crippen LogP) is 4.18. The highest BCUT2D eigenvalue weighted by Gasteiger charge is 2.23. The van der Waals surface area contributed by atoms with Gasteiger partial charge in [-0.25, -0.2) is 13.2 Å². The van der Waals surface area contributed by atoms with Crippen molar-refractivity contribution >= 4 is 33.3 Å². The number of rotatable bonds is 8. The normalized spacial score (nSPS) is 11.0. The highest BCUT2D eigenvalue weighted by atomic mass is 32.2. The molecule has 1 amide bonds. The van der Waals surface area contributed by atoms with E-state index in [-0.39, 0.29) is 10.5 Å². The van der Waals surface area contributed by atoms with E-state index in [1.807, 2.05) is 38.1 Å². The van der Waals surface area contributed by atoms with Crippen LogP contribution in [0.1, 0.15) is 28.4 Å². The van der Waals surface area contributed by atoms with Gasteiger partial charge in [-0.05, 0) is 55.3 Å². The summed E-state index contributed by atoms with van der Waals surface area (Å²) in [7, 11) is -2.45. The Balaban J connectivity index is 1.69. The molecule has 3 rings (SSSR count). The smallest absolute Gasteiger partial charge is 0.338 e. The van der Waals surface area contributed by atoms with Gasteiger partial charge >= 0.3 is 5.97 Å². The Hall–Kier alpha value is -3.65. The first-order chi connectivity index (χ1) is 15.7. The van der Waals surface area contributed by atoms with Crippen LogP contribution in [0.15, 0.2) is 77.7 Å². The summed E-state index contributed by atoms with van der Waals surface area (Å²) in [6.07, 6.45) is 0.745. The van der Waals surface area contributed by atoms with E-state index in [1.165, 1.54) is 31.3 Å². The average Bonchev–Trinajstić information content (AvgIpc) is 2.83. The van der Waals surface area contributed by atoms with Gasteiger partial charge in [0, 0.05) is 12.7 Å². The highest BCUT2D eigenvalue weighted by Crippen LogP contribution is 2.23. The molecule has 8 heteroatoms. The summed E-state index contributed by atoms with van der Waals surface area (Å²) in [5, 5.41) is 2.72. The second-order valence-corrected chi connectivity index (χ2v) is 9.44. The van der Waals surface area contributed by atoms with Crippen LogP contribution < -0.4 is 9.62 Å². The third kappa shape index (κ3) is 5.78. The Labute approximate surface area is 194 Å². The summed E-state index contributed by atoms with van der Waals surface area (Å²) in [6, 6.07) is 20.0. The van der Waals surface area contributed by atoms with Gasteiger partial charge in [-0.1, -0.05) is 48.9 Å². The summed E-state index contributed by atoms with van der Waals surface area (Å²) in [4.78, 5) is 24.6. The molecule has 3 aromatic rings. The van der Waals surface area contributed by atoms with Crippen molar-refractivity contribution in [3.63, 3.8) is 0 Å². The van der Waals surface area contributed by atoms with Crippen molar-refractivity contribution in [2.75, 3.05) is 23.3 Å². The van der Waals surface area contributed by atoms with Crippen molar-refractivity contribution in [3.05, 3.63) is 89.5 Å². The van der Waals surface area contributed by atoms with E-state index >= 15 is 0 Å². The van der Waals surface area contributed by atoms with Crippen molar-refractivity contribution in [3.8, 4) is 0 Å². The van der Waals surface area contributed by atoms with Crippen LogP contribution in [-0.4, -0.2) is 33.9 Å². The first-order valence-corrected chi connectivity index (χ1v) is 11.9. The zero-order valence-corrected chi connectivity index (χ0v) is 19.6. The van der Waals surface area contributed by atoms with Crippen molar-refractivity contribution in [1.82, 2.24) is 0 Å². The number of para-hydroxylation sites is 1. The topological polar surface area (TPSA) is 92.8 Å². The van der Waals surface area contributed by atoms with Crippen LogP contribution in [0.4, 0.5) is 11.4 Å². The fourth-order valence-corrected chi connectivity index (χ4v) is 4.43. The highest BCUT2D eigenvalue weighted by molar-refractivity contribution is 7.92. The van der Waals surface area contributed by atoms with Gasteiger partial charge < -0.3 is 10.1 Å². The van der Waals surface area contributed by atoms with Crippen molar-refractivity contribution in [1.29, 1.82) is 0 Å². The Kier molecular flexibility index (Phi) is 7.50. The van der Waals surface area contributed by atoms with Crippen LogP contribution >= 0.6 is 0 Å². The molecule has 0 aliphatic rings. The lowest BCUT2D eigenvalue weighted by molar-refractivity contribution is -0.119. The van der Waals surface area contributed by atoms with Crippen LogP contribution in [0.2, 0.25) is 0 Å². The minimum atomic E-state index is -3.89. The van der Waals surface area contributed by atoms with Gasteiger partial charge in [-0.3, -0.25) is 9.10 Å². The molecule has 0 aromatic heterocycles. The zero-order chi connectivity index (χ0) is 24.0. The van der Waals surface area contributed by atoms with Gasteiger partial charge in [0.1, 0.15) is 0 Å². The third-order valence-corrected chi connectivity index (χ3v) is 6.91. The number of benzene rings is 3. The summed E-state index contributed by atoms with van der Waals surface area (Å²) < 4.78 is 32.3. The number of nitrogens with zero attached hydrogens (tertiary/aromatic N) is 1. The molecule has 172 valence electrons. The van der Waals surface area contributed by atoms with E-state index in [0.29, 0.717) is 11.4 Å². The molecular weight excluding hydrogens is 440 g/mol. The molecule has 0 bridgehead atoms. The Bertz CT molecular complexity index is 1250. The van der Waals surface area contributed by atoms with E-state index in [1.54, 1.807) is 24.3 Å². The number of hydrogen-bond donors (Lipinski definition) is 1. The number of carbonyl (C=O) groups is 2. The van der Waals surface area contributed by atoms with E-state index in [0.717, 1.165) is 21.9 Å². The van der Waals surface area contributed by atoms with Gasteiger partial charge in [0.05, 0.1) is 16.1 Å². The lowest BCUT2D eigenvalue weighted by atomic mass is 10.1. The molecule has 0 aliphatic carbocycles. The molecule has 0 radical (unpaired) electrons. The van der Waals surface area contributed by atoms with Gasteiger partial charge in [0.15, 0.2) is 6.61 Å². The molecule has 1 N–H and O–H groups in total. The van der Waals surface area contributed by atoms with Gasteiger partial charge in [-0.15, -0.1) is 0 Å².